The number of aliphatic hydroxyl groups excluding tert-OH is 1. The summed E-state index contributed by atoms with van der Waals surface area (Å²) in [6.07, 6.45) is 2.87. The molecule has 2 heterocycles. The topological polar surface area (TPSA) is 108 Å². The molecular formula is C10H15N5O2. The molecule has 1 atom stereocenters. The lowest BCUT2D eigenvalue weighted by atomic mass is 10.3. The molecule has 0 saturated carbocycles. The Morgan fingerprint density at radius 1 is 1.59 bits per heavy atom. The van der Waals surface area contributed by atoms with Crippen LogP contribution in [-0.2, 0) is 4.74 Å². The third-order valence-electron chi connectivity index (χ3n) is 2.58. The third-order valence-corrected chi connectivity index (χ3v) is 2.58. The van der Waals surface area contributed by atoms with Gasteiger partial charge in [-0.25, -0.2) is 9.97 Å². The first-order valence-electron chi connectivity index (χ1n) is 5.34. The number of nitrogens with two attached hydrogens (primary N) is 1. The number of hydrogen-bond acceptors (Lipinski definition) is 6. The van der Waals surface area contributed by atoms with E-state index in [0.29, 0.717) is 31.2 Å². The monoisotopic (exact) mass is 237 g/mol. The predicted octanol–water partition coefficient (Wildman–Crippen LogP) is -1.04. The number of morpholine rings is 1. The SMILES string of the molecule is N=C(N)c1cnc(N2CCOC(CO)C2)cn1. The second-order valence-corrected chi connectivity index (χ2v) is 3.79. The van der Waals surface area contributed by atoms with Crippen LogP contribution in [0.5, 0.6) is 0 Å². The summed E-state index contributed by atoms with van der Waals surface area (Å²) in [5.41, 5.74) is 5.66. The van der Waals surface area contributed by atoms with Crippen LogP contribution in [0.15, 0.2) is 12.4 Å². The van der Waals surface area contributed by atoms with Gasteiger partial charge in [0, 0.05) is 13.1 Å². The fraction of sp³-hybridized carbons (Fsp3) is 0.500. The second-order valence-electron chi connectivity index (χ2n) is 3.79. The van der Waals surface area contributed by atoms with Gasteiger partial charge >= 0.3 is 0 Å². The maximum absolute atomic E-state index is 9.04. The molecule has 4 N–H and O–H groups in total. The van der Waals surface area contributed by atoms with Crippen molar-refractivity contribution in [2.24, 2.45) is 5.73 Å². The Bertz CT molecular complexity index is 394. The van der Waals surface area contributed by atoms with Crippen LogP contribution in [0.1, 0.15) is 5.69 Å². The molecule has 7 heteroatoms. The summed E-state index contributed by atoms with van der Waals surface area (Å²) in [6.45, 7) is 1.85. The molecule has 1 aliphatic heterocycles. The van der Waals surface area contributed by atoms with E-state index in [0.717, 1.165) is 0 Å². The van der Waals surface area contributed by atoms with E-state index in [4.69, 9.17) is 21.0 Å². The van der Waals surface area contributed by atoms with Gasteiger partial charge in [-0.3, -0.25) is 5.41 Å². The van der Waals surface area contributed by atoms with E-state index in [-0.39, 0.29) is 18.5 Å². The van der Waals surface area contributed by atoms with Gasteiger partial charge in [0.25, 0.3) is 0 Å². The van der Waals surface area contributed by atoms with E-state index < -0.39 is 0 Å². The summed E-state index contributed by atoms with van der Waals surface area (Å²) < 4.78 is 5.35. The van der Waals surface area contributed by atoms with Gasteiger partial charge in [0.05, 0.1) is 31.7 Å². The molecule has 1 aromatic rings. The molecule has 0 aliphatic carbocycles. The van der Waals surface area contributed by atoms with Crippen LogP contribution in [-0.4, -0.2) is 53.3 Å². The van der Waals surface area contributed by atoms with E-state index in [2.05, 4.69) is 9.97 Å². The summed E-state index contributed by atoms with van der Waals surface area (Å²) in [5, 5.41) is 16.3. The summed E-state index contributed by atoms with van der Waals surface area (Å²) in [5.74, 6) is 0.607. The Hall–Kier alpha value is -1.73. The third kappa shape index (κ3) is 2.69. The number of anilines is 1. The molecule has 1 fully saturated rings. The number of hydrogen-bond donors (Lipinski definition) is 3. The van der Waals surface area contributed by atoms with Crippen molar-refractivity contribution in [2.45, 2.75) is 6.10 Å². The molecule has 0 spiro atoms. The van der Waals surface area contributed by atoms with Gasteiger partial charge in [0.2, 0.25) is 0 Å². The molecule has 2 rings (SSSR count). The van der Waals surface area contributed by atoms with Crippen molar-refractivity contribution in [3.8, 4) is 0 Å². The highest BCUT2D eigenvalue weighted by Gasteiger charge is 2.20. The first-order chi connectivity index (χ1) is 8.20. The molecule has 0 radical (unpaired) electrons. The summed E-state index contributed by atoms with van der Waals surface area (Å²) in [7, 11) is 0. The first-order valence-corrected chi connectivity index (χ1v) is 5.34. The predicted molar refractivity (Wildman–Crippen MR) is 62.1 cm³/mol. The Kier molecular flexibility index (Phi) is 3.50. The van der Waals surface area contributed by atoms with Crippen molar-refractivity contribution >= 4 is 11.7 Å². The Labute approximate surface area is 98.7 Å². The minimum Gasteiger partial charge on any atom is -0.394 e. The van der Waals surface area contributed by atoms with Crippen LogP contribution in [0.25, 0.3) is 0 Å². The van der Waals surface area contributed by atoms with Crippen LogP contribution < -0.4 is 10.6 Å². The molecule has 1 unspecified atom stereocenters. The second kappa shape index (κ2) is 5.07. The number of ether oxygens (including phenoxy) is 1. The number of nitrogens with one attached hydrogen (secondary N) is 1. The quantitative estimate of drug-likeness (QED) is 0.457. The maximum Gasteiger partial charge on any atom is 0.147 e. The number of aliphatic hydroxyl groups is 1. The van der Waals surface area contributed by atoms with Gasteiger partial charge < -0.3 is 20.5 Å². The average Bonchev–Trinajstić information content (AvgIpc) is 2.39. The molecule has 0 amide bonds. The molecule has 92 valence electrons. The van der Waals surface area contributed by atoms with Crippen LogP contribution in [0.2, 0.25) is 0 Å². The number of nitrogen functional groups attached to an aromatic ring is 1. The van der Waals surface area contributed by atoms with Gasteiger partial charge in [0.1, 0.15) is 17.3 Å². The van der Waals surface area contributed by atoms with Crippen molar-refractivity contribution in [2.75, 3.05) is 31.2 Å². The molecule has 17 heavy (non-hydrogen) atoms. The Morgan fingerprint density at radius 3 is 3.00 bits per heavy atom. The molecule has 1 aromatic heterocycles. The standard InChI is InChI=1S/C10H15N5O2/c11-10(12)8-3-14-9(4-13-8)15-1-2-17-7(5-15)6-16/h3-4,7,16H,1-2,5-6H2,(H3,11,12). The normalized spacial score (nSPS) is 20.3. The number of amidine groups is 1. The molecule has 1 aliphatic rings. The van der Waals surface area contributed by atoms with Crippen molar-refractivity contribution in [3.63, 3.8) is 0 Å². The highest BCUT2D eigenvalue weighted by atomic mass is 16.5. The van der Waals surface area contributed by atoms with Crippen LogP contribution >= 0.6 is 0 Å². The first kappa shape index (κ1) is 11.7. The summed E-state index contributed by atoms with van der Waals surface area (Å²) in [6, 6.07) is 0. The highest BCUT2D eigenvalue weighted by Crippen LogP contribution is 2.13. The van der Waals surface area contributed by atoms with E-state index >= 15 is 0 Å². The molecule has 1 saturated heterocycles. The zero-order chi connectivity index (χ0) is 12.3. The number of nitrogens with zero attached hydrogens (tertiary/aromatic N) is 3. The van der Waals surface area contributed by atoms with Gasteiger partial charge in [-0.15, -0.1) is 0 Å². The van der Waals surface area contributed by atoms with E-state index in [1.54, 1.807) is 6.20 Å². The minimum atomic E-state index is -0.182. The van der Waals surface area contributed by atoms with Crippen molar-refractivity contribution in [3.05, 3.63) is 18.1 Å². The average molecular weight is 237 g/mol. The number of rotatable bonds is 3. The van der Waals surface area contributed by atoms with E-state index in [1.807, 2.05) is 4.90 Å². The highest BCUT2D eigenvalue weighted by molar-refractivity contribution is 5.92. The number of aromatic nitrogens is 2. The van der Waals surface area contributed by atoms with Crippen LogP contribution in [0, 0.1) is 5.41 Å². The molecule has 7 nitrogen and oxygen atoms in total. The van der Waals surface area contributed by atoms with Gasteiger partial charge in [-0.1, -0.05) is 0 Å². The summed E-state index contributed by atoms with van der Waals surface area (Å²) >= 11 is 0. The largest absolute Gasteiger partial charge is 0.394 e. The molecular weight excluding hydrogens is 222 g/mol. The fourth-order valence-corrected chi connectivity index (χ4v) is 1.66. The maximum atomic E-state index is 9.04. The smallest absolute Gasteiger partial charge is 0.147 e. The van der Waals surface area contributed by atoms with Crippen molar-refractivity contribution in [1.29, 1.82) is 5.41 Å². The van der Waals surface area contributed by atoms with E-state index in [9.17, 15) is 0 Å². The fourth-order valence-electron chi connectivity index (χ4n) is 1.66. The van der Waals surface area contributed by atoms with Gasteiger partial charge in [-0.05, 0) is 0 Å². The van der Waals surface area contributed by atoms with Crippen molar-refractivity contribution < 1.29 is 9.84 Å². The van der Waals surface area contributed by atoms with Crippen LogP contribution in [0.3, 0.4) is 0 Å². The molecule has 0 aromatic carbocycles. The van der Waals surface area contributed by atoms with Crippen molar-refractivity contribution in [1.82, 2.24) is 9.97 Å². The Balaban J connectivity index is 2.08. The summed E-state index contributed by atoms with van der Waals surface area (Å²) in [4.78, 5) is 10.2. The van der Waals surface area contributed by atoms with Gasteiger partial charge in [-0.2, -0.15) is 0 Å². The zero-order valence-corrected chi connectivity index (χ0v) is 9.33. The zero-order valence-electron chi connectivity index (χ0n) is 9.33. The van der Waals surface area contributed by atoms with Gasteiger partial charge in [0.15, 0.2) is 0 Å². The lowest BCUT2D eigenvalue weighted by molar-refractivity contribution is 0.00334. The van der Waals surface area contributed by atoms with E-state index in [1.165, 1.54) is 6.20 Å². The lowest BCUT2D eigenvalue weighted by Crippen LogP contribution is -2.44. The molecule has 0 bridgehead atoms. The minimum absolute atomic E-state index is 0.00451. The lowest BCUT2D eigenvalue weighted by Gasteiger charge is -2.32. The van der Waals surface area contributed by atoms with Crippen LogP contribution in [0.4, 0.5) is 5.82 Å². The Morgan fingerprint density at radius 2 is 2.41 bits per heavy atom.